The molecule has 1 N–H and O–H groups in total. The summed E-state index contributed by atoms with van der Waals surface area (Å²) in [4.78, 5) is 12.5. The lowest BCUT2D eigenvalue weighted by Gasteiger charge is -2.32. The predicted molar refractivity (Wildman–Crippen MR) is 73.3 cm³/mol. The summed E-state index contributed by atoms with van der Waals surface area (Å²) >= 11 is 3.53. The van der Waals surface area contributed by atoms with Gasteiger partial charge in [-0.2, -0.15) is 0 Å². The molecule has 17 heavy (non-hydrogen) atoms. The Balaban J connectivity index is 2.71. The Hall–Kier alpha value is -0.0900. The van der Waals surface area contributed by atoms with Crippen molar-refractivity contribution >= 4 is 21.8 Å². The number of hydrogen-bond donors (Lipinski definition) is 1. The molecule has 1 aliphatic heterocycles. The van der Waals surface area contributed by atoms with Crippen LogP contribution in [0.3, 0.4) is 0 Å². The molecule has 0 aromatic heterocycles. The van der Waals surface area contributed by atoms with E-state index in [1.807, 2.05) is 34.6 Å². The standard InChI is InChI=1S/C13H24BrNO2/c1-7-8(2)17-9(3)11(7)12(16)15-13(5,6)10(4)14/h7-11H,1-6H3,(H,15,16). The molecule has 1 heterocycles. The molecule has 0 radical (unpaired) electrons. The first-order valence-corrected chi connectivity index (χ1v) is 7.20. The molecule has 1 amide bonds. The Bertz CT molecular complexity index is 291. The third-order valence-electron chi connectivity index (χ3n) is 3.98. The van der Waals surface area contributed by atoms with Gasteiger partial charge in [-0.1, -0.05) is 29.8 Å². The van der Waals surface area contributed by atoms with E-state index < -0.39 is 0 Å². The van der Waals surface area contributed by atoms with Crippen LogP contribution >= 0.6 is 15.9 Å². The van der Waals surface area contributed by atoms with Gasteiger partial charge in [-0.05, 0) is 33.6 Å². The monoisotopic (exact) mass is 305 g/mol. The summed E-state index contributed by atoms with van der Waals surface area (Å²) in [5.41, 5.74) is -0.248. The summed E-state index contributed by atoms with van der Waals surface area (Å²) in [7, 11) is 0. The average Bonchev–Trinajstić information content (AvgIpc) is 2.39. The lowest BCUT2D eigenvalue weighted by Crippen LogP contribution is -2.52. The quantitative estimate of drug-likeness (QED) is 0.814. The third kappa shape index (κ3) is 3.22. The van der Waals surface area contributed by atoms with Crippen molar-refractivity contribution in [2.45, 2.75) is 64.1 Å². The molecule has 5 unspecified atom stereocenters. The number of rotatable bonds is 3. The lowest BCUT2D eigenvalue weighted by atomic mass is 9.87. The van der Waals surface area contributed by atoms with Crippen molar-refractivity contribution < 1.29 is 9.53 Å². The van der Waals surface area contributed by atoms with Gasteiger partial charge in [0.25, 0.3) is 0 Å². The number of halogens is 1. The molecule has 0 bridgehead atoms. The number of carbonyl (C=O) groups is 1. The molecule has 0 aliphatic carbocycles. The summed E-state index contributed by atoms with van der Waals surface area (Å²) in [6, 6.07) is 0. The third-order valence-corrected chi connectivity index (χ3v) is 5.13. The van der Waals surface area contributed by atoms with Gasteiger partial charge in [0.15, 0.2) is 0 Å². The molecule has 1 rings (SSSR count). The minimum absolute atomic E-state index is 0.00133. The molecule has 0 saturated carbocycles. The van der Waals surface area contributed by atoms with E-state index in [9.17, 15) is 4.79 Å². The molecule has 1 aliphatic rings. The zero-order chi connectivity index (χ0) is 13.4. The number of ether oxygens (including phenoxy) is 1. The van der Waals surface area contributed by atoms with Crippen LogP contribution in [0.2, 0.25) is 0 Å². The molecular formula is C13H24BrNO2. The van der Waals surface area contributed by atoms with Crippen molar-refractivity contribution in [3.05, 3.63) is 0 Å². The normalized spacial score (nSPS) is 35.7. The van der Waals surface area contributed by atoms with E-state index in [2.05, 4.69) is 28.2 Å². The number of hydrogen-bond acceptors (Lipinski definition) is 2. The van der Waals surface area contributed by atoms with Crippen molar-refractivity contribution in [3.8, 4) is 0 Å². The topological polar surface area (TPSA) is 38.3 Å². The second kappa shape index (κ2) is 5.27. The van der Waals surface area contributed by atoms with Crippen LogP contribution in [0.15, 0.2) is 0 Å². The van der Waals surface area contributed by atoms with Gasteiger partial charge in [0.05, 0.1) is 18.1 Å². The number of amides is 1. The number of nitrogens with one attached hydrogen (secondary N) is 1. The van der Waals surface area contributed by atoms with Gasteiger partial charge >= 0.3 is 0 Å². The van der Waals surface area contributed by atoms with Gasteiger partial charge in [-0.25, -0.2) is 0 Å². The first-order chi connectivity index (χ1) is 7.66. The van der Waals surface area contributed by atoms with Crippen LogP contribution in [0.4, 0.5) is 0 Å². The first kappa shape index (κ1) is 15.0. The Kier molecular flexibility index (Phi) is 4.64. The van der Waals surface area contributed by atoms with E-state index in [4.69, 9.17) is 4.74 Å². The van der Waals surface area contributed by atoms with E-state index in [-0.39, 0.29) is 40.3 Å². The Labute approximate surface area is 113 Å². The van der Waals surface area contributed by atoms with Gasteiger partial charge in [-0.15, -0.1) is 0 Å². The van der Waals surface area contributed by atoms with Crippen LogP contribution in [0, 0.1) is 11.8 Å². The van der Waals surface area contributed by atoms with E-state index >= 15 is 0 Å². The second-order valence-electron chi connectivity index (χ2n) is 5.76. The number of carbonyl (C=O) groups excluding carboxylic acids is 1. The molecule has 0 aromatic carbocycles. The van der Waals surface area contributed by atoms with Crippen molar-refractivity contribution in [1.82, 2.24) is 5.32 Å². The van der Waals surface area contributed by atoms with E-state index in [0.29, 0.717) is 0 Å². The Morgan fingerprint density at radius 1 is 1.29 bits per heavy atom. The minimum Gasteiger partial charge on any atom is -0.374 e. The molecule has 100 valence electrons. The van der Waals surface area contributed by atoms with Crippen molar-refractivity contribution in [1.29, 1.82) is 0 Å². The van der Waals surface area contributed by atoms with Crippen LogP contribution in [0.5, 0.6) is 0 Å². The van der Waals surface area contributed by atoms with Crippen LogP contribution in [-0.4, -0.2) is 28.5 Å². The van der Waals surface area contributed by atoms with Crippen LogP contribution in [0.1, 0.15) is 41.5 Å². The van der Waals surface area contributed by atoms with Crippen molar-refractivity contribution in [3.63, 3.8) is 0 Å². The van der Waals surface area contributed by atoms with Crippen LogP contribution < -0.4 is 5.32 Å². The summed E-state index contributed by atoms with van der Waals surface area (Å²) < 4.78 is 5.71. The maximum Gasteiger partial charge on any atom is 0.226 e. The smallest absolute Gasteiger partial charge is 0.226 e. The van der Waals surface area contributed by atoms with E-state index in [1.165, 1.54) is 0 Å². The lowest BCUT2D eigenvalue weighted by molar-refractivity contribution is -0.128. The van der Waals surface area contributed by atoms with Crippen LogP contribution in [0.25, 0.3) is 0 Å². The molecule has 5 atom stereocenters. The fourth-order valence-corrected chi connectivity index (χ4v) is 2.33. The summed E-state index contributed by atoms with van der Waals surface area (Å²) in [5, 5.41) is 3.11. The summed E-state index contributed by atoms with van der Waals surface area (Å²) in [6.45, 7) is 12.2. The van der Waals surface area contributed by atoms with Crippen LogP contribution in [-0.2, 0) is 9.53 Å². The summed E-state index contributed by atoms with van der Waals surface area (Å²) in [6.07, 6.45) is 0.159. The van der Waals surface area contributed by atoms with Crippen molar-refractivity contribution in [2.75, 3.05) is 0 Å². The van der Waals surface area contributed by atoms with Gasteiger partial charge in [0.1, 0.15) is 0 Å². The minimum atomic E-state index is -0.248. The highest BCUT2D eigenvalue weighted by Crippen LogP contribution is 2.33. The van der Waals surface area contributed by atoms with Gasteiger partial charge in [0.2, 0.25) is 5.91 Å². The SMILES string of the molecule is CC1OC(C)C(C(=O)NC(C)(C)C(C)Br)C1C. The molecule has 0 aromatic rings. The molecule has 4 heteroatoms. The van der Waals surface area contributed by atoms with Gasteiger partial charge in [0, 0.05) is 10.4 Å². The highest BCUT2D eigenvalue weighted by Gasteiger charge is 2.43. The first-order valence-electron chi connectivity index (χ1n) is 6.28. The average molecular weight is 306 g/mol. The van der Waals surface area contributed by atoms with E-state index in [0.717, 1.165) is 0 Å². The highest BCUT2D eigenvalue weighted by atomic mass is 79.9. The van der Waals surface area contributed by atoms with Gasteiger partial charge in [-0.3, -0.25) is 4.79 Å². The molecule has 1 fully saturated rings. The fraction of sp³-hybridized carbons (Fsp3) is 0.923. The van der Waals surface area contributed by atoms with E-state index in [1.54, 1.807) is 0 Å². The number of alkyl halides is 1. The second-order valence-corrected chi connectivity index (χ2v) is 7.13. The largest absolute Gasteiger partial charge is 0.374 e. The Morgan fingerprint density at radius 2 is 1.82 bits per heavy atom. The zero-order valence-electron chi connectivity index (χ0n) is 11.6. The molecule has 0 spiro atoms. The highest BCUT2D eigenvalue weighted by molar-refractivity contribution is 9.09. The Morgan fingerprint density at radius 3 is 2.18 bits per heavy atom. The van der Waals surface area contributed by atoms with Gasteiger partial charge < -0.3 is 10.1 Å². The maximum atomic E-state index is 12.3. The fourth-order valence-electron chi connectivity index (χ4n) is 2.22. The molecular weight excluding hydrogens is 282 g/mol. The molecule has 1 saturated heterocycles. The predicted octanol–water partition coefficient (Wildman–Crippen LogP) is 2.72. The zero-order valence-corrected chi connectivity index (χ0v) is 13.2. The maximum absolute atomic E-state index is 12.3. The molecule has 3 nitrogen and oxygen atoms in total. The summed E-state index contributed by atoms with van der Waals surface area (Å²) in [5.74, 6) is 0.326. The van der Waals surface area contributed by atoms with Crippen molar-refractivity contribution in [2.24, 2.45) is 11.8 Å².